The Morgan fingerprint density at radius 2 is 1.76 bits per heavy atom. The summed E-state index contributed by atoms with van der Waals surface area (Å²) < 4.78 is 0. The third-order valence-electron chi connectivity index (χ3n) is 2.96. The van der Waals surface area contributed by atoms with E-state index in [1.54, 1.807) is 0 Å². The van der Waals surface area contributed by atoms with Gasteiger partial charge in [0.05, 0.1) is 0 Å². The lowest BCUT2D eigenvalue weighted by molar-refractivity contribution is 0.579. The Morgan fingerprint density at radius 3 is 2.35 bits per heavy atom. The van der Waals surface area contributed by atoms with Crippen LogP contribution in [0.5, 0.6) is 0 Å². The maximum atomic E-state index is 3.56. The minimum Gasteiger partial charge on any atom is -0.305 e. The van der Waals surface area contributed by atoms with Crippen LogP contribution in [0.15, 0.2) is 36.4 Å². The smallest absolute Gasteiger partial charge is 0.0305 e. The molecule has 0 spiro atoms. The van der Waals surface area contributed by atoms with Crippen molar-refractivity contribution in [3.05, 3.63) is 57.3 Å². The van der Waals surface area contributed by atoms with Crippen molar-refractivity contribution in [3.8, 4) is 0 Å². The fraction of sp³-hybridized carbons (Fsp3) is 0.333. The fourth-order valence-electron chi connectivity index (χ4n) is 1.81. The molecule has 17 heavy (non-hydrogen) atoms. The van der Waals surface area contributed by atoms with E-state index in [4.69, 9.17) is 0 Å². The van der Waals surface area contributed by atoms with Crippen molar-refractivity contribution < 1.29 is 0 Å². The molecule has 0 radical (unpaired) electrons. The summed E-state index contributed by atoms with van der Waals surface area (Å²) in [6.07, 6.45) is 0. The van der Waals surface area contributed by atoms with Gasteiger partial charge in [-0.3, -0.25) is 0 Å². The minimum absolute atomic E-state index is 0.401. The van der Waals surface area contributed by atoms with E-state index in [0.717, 1.165) is 6.54 Å². The zero-order chi connectivity index (χ0) is 12.3. The van der Waals surface area contributed by atoms with Crippen molar-refractivity contribution in [3.63, 3.8) is 0 Å². The van der Waals surface area contributed by atoms with E-state index < -0.39 is 0 Å². The highest BCUT2D eigenvalue weighted by atomic mass is 32.1. The Bertz CT molecular complexity index is 470. The molecule has 0 aliphatic carbocycles. The van der Waals surface area contributed by atoms with Gasteiger partial charge in [-0.1, -0.05) is 29.8 Å². The third-order valence-corrected chi connectivity index (χ3v) is 3.96. The van der Waals surface area contributed by atoms with Gasteiger partial charge in [0, 0.05) is 22.3 Å². The number of thiophene rings is 1. The summed E-state index contributed by atoms with van der Waals surface area (Å²) in [5, 5.41) is 3.56. The SMILES string of the molecule is Cc1ccc([C@H](C)NCc2ccc(C)s2)cc1. The lowest BCUT2D eigenvalue weighted by Gasteiger charge is -2.13. The Balaban J connectivity index is 1.93. The lowest BCUT2D eigenvalue weighted by atomic mass is 10.1. The molecule has 0 aliphatic rings. The number of benzene rings is 1. The van der Waals surface area contributed by atoms with E-state index in [9.17, 15) is 0 Å². The van der Waals surface area contributed by atoms with Crippen LogP contribution in [0.25, 0.3) is 0 Å². The van der Waals surface area contributed by atoms with Gasteiger partial charge in [0.25, 0.3) is 0 Å². The third kappa shape index (κ3) is 3.42. The van der Waals surface area contributed by atoms with Crippen molar-refractivity contribution in [1.82, 2.24) is 5.32 Å². The predicted octanol–water partition coefficient (Wildman–Crippen LogP) is 4.22. The van der Waals surface area contributed by atoms with E-state index in [1.165, 1.54) is 20.9 Å². The highest BCUT2D eigenvalue weighted by Crippen LogP contribution is 2.17. The summed E-state index contributed by atoms with van der Waals surface area (Å²) in [6, 6.07) is 13.5. The topological polar surface area (TPSA) is 12.0 Å². The minimum atomic E-state index is 0.401. The van der Waals surface area contributed by atoms with Gasteiger partial charge in [-0.15, -0.1) is 11.3 Å². The second-order valence-electron chi connectivity index (χ2n) is 4.53. The first kappa shape index (κ1) is 12.3. The van der Waals surface area contributed by atoms with E-state index in [-0.39, 0.29) is 0 Å². The van der Waals surface area contributed by atoms with Crippen LogP contribution in [-0.2, 0) is 6.54 Å². The first-order valence-corrected chi connectivity index (χ1v) is 6.82. The van der Waals surface area contributed by atoms with Crippen LogP contribution in [0, 0.1) is 13.8 Å². The molecule has 0 unspecified atom stereocenters. The molecule has 1 heterocycles. The molecule has 1 N–H and O–H groups in total. The molecular formula is C15H19NS. The van der Waals surface area contributed by atoms with Crippen LogP contribution in [0.4, 0.5) is 0 Å². The van der Waals surface area contributed by atoms with Crippen LogP contribution in [0.3, 0.4) is 0 Å². The zero-order valence-electron chi connectivity index (χ0n) is 10.7. The fourth-order valence-corrected chi connectivity index (χ4v) is 2.65. The van der Waals surface area contributed by atoms with Gasteiger partial charge < -0.3 is 5.32 Å². The molecule has 1 nitrogen and oxygen atoms in total. The van der Waals surface area contributed by atoms with Crippen LogP contribution in [0.1, 0.15) is 33.8 Å². The summed E-state index contributed by atoms with van der Waals surface area (Å²) in [5.74, 6) is 0. The van der Waals surface area contributed by atoms with Gasteiger partial charge in [-0.25, -0.2) is 0 Å². The molecule has 1 atom stereocenters. The second-order valence-corrected chi connectivity index (χ2v) is 5.90. The van der Waals surface area contributed by atoms with E-state index in [2.05, 4.69) is 62.5 Å². The molecule has 0 aliphatic heterocycles. The maximum absolute atomic E-state index is 3.56. The summed E-state index contributed by atoms with van der Waals surface area (Å²) in [4.78, 5) is 2.78. The quantitative estimate of drug-likeness (QED) is 0.850. The van der Waals surface area contributed by atoms with E-state index in [1.807, 2.05) is 11.3 Å². The Morgan fingerprint density at radius 1 is 1.06 bits per heavy atom. The van der Waals surface area contributed by atoms with Crippen molar-refractivity contribution in [2.24, 2.45) is 0 Å². The first-order valence-electron chi connectivity index (χ1n) is 6.00. The number of nitrogens with one attached hydrogen (secondary N) is 1. The van der Waals surface area contributed by atoms with Crippen molar-refractivity contribution in [1.29, 1.82) is 0 Å². The molecule has 0 saturated heterocycles. The maximum Gasteiger partial charge on any atom is 0.0305 e. The van der Waals surface area contributed by atoms with Gasteiger partial charge in [0.1, 0.15) is 0 Å². The van der Waals surface area contributed by atoms with Gasteiger partial charge in [0.15, 0.2) is 0 Å². The molecule has 1 aromatic carbocycles. The number of aryl methyl sites for hydroxylation is 2. The largest absolute Gasteiger partial charge is 0.305 e. The van der Waals surface area contributed by atoms with Crippen molar-refractivity contribution in [2.75, 3.05) is 0 Å². The monoisotopic (exact) mass is 245 g/mol. The first-order chi connectivity index (χ1) is 8.15. The predicted molar refractivity (Wildman–Crippen MR) is 75.5 cm³/mol. The molecule has 0 saturated carbocycles. The molecule has 0 fully saturated rings. The highest BCUT2D eigenvalue weighted by Gasteiger charge is 2.05. The normalized spacial score (nSPS) is 12.6. The average Bonchev–Trinajstić information content (AvgIpc) is 2.73. The van der Waals surface area contributed by atoms with Crippen molar-refractivity contribution >= 4 is 11.3 Å². The molecule has 90 valence electrons. The summed E-state index contributed by atoms with van der Waals surface area (Å²) in [5.41, 5.74) is 2.67. The van der Waals surface area contributed by atoms with Gasteiger partial charge >= 0.3 is 0 Å². The van der Waals surface area contributed by atoms with Crippen LogP contribution >= 0.6 is 11.3 Å². The number of rotatable bonds is 4. The molecule has 0 amide bonds. The molecular weight excluding hydrogens is 226 g/mol. The Labute approximate surface area is 108 Å². The van der Waals surface area contributed by atoms with Crippen molar-refractivity contribution in [2.45, 2.75) is 33.4 Å². The van der Waals surface area contributed by atoms with Gasteiger partial charge in [-0.2, -0.15) is 0 Å². The second kappa shape index (κ2) is 5.48. The van der Waals surface area contributed by atoms with Gasteiger partial charge in [0.2, 0.25) is 0 Å². The summed E-state index contributed by atoms with van der Waals surface area (Å²) >= 11 is 1.86. The van der Waals surface area contributed by atoms with Crippen LogP contribution in [-0.4, -0.2) is 0 Å². The summed E-state index contributed by atoms with van der Waals surface area (Å²) in [6.45, 7) is 7.44. The average molecular weight is 245 g/mol. The molecule has 0 bridgehead atoms. The Kier molecular flexibility index (Phi) is 3.97. The standard InChI is InChI=1S/C15H19NS/c1-11-4-7-14(8-5-11)13(3)16-10-15-9-6-12(2)17-15/h4-9,13,16H,10H2,1-3H3/t13-/m0/s1. The molecule has 2 heteroatoms. The van der Waals surface area contributed by atoms with E-state index >= 15 is 0 Å². The number of hydrogen-bond acceptors (Lipinski definition) is 2. The molecule has 1 aromatic heterocycles. The lowest BCUT2D eigenvalue weighted by Crippen LogP contribution is -2.17. The molecule has 2 rings (SSSR count). The number of hydrogen-bond donors (Lipinski definition) is 1. The zero-order valence-corrected chi connectivity index (χ0v) is 11.5. The summed E-state index contributed by atoms with van der Waals surface area (Å²) in [7, 11) is 0. The van der Waals surface area contributed by atoms with Crippen LogP contribution < -0.4 is 5.32 Å². The highest BCUT2D eigenvalue weighted by molar-refractivity contribution is 7.11. The van der Waals surface area contributed by atoms with Gasteiger partial charge in [-0.05, 0) is 38.5 Å². The van der Waals surface area contributed by atoms with Crippen LogP contribution in [0.2, 0.25) is 0 Å². The van der Waals surface area contributed by atoms with E-state index in [0.29, 0.717) is 6.04 Å². The Hall–Kier alpha value is -1.12. The molecule has 2 aromatic rings.